The summed E-state index contributed by atoms with van der Waals surface area (Å²) in [4.78, 5) is 13.0. The van der Waals surface area contributed by atoms with Gasteiger partial charge in [-0.15, -0.1) is 11.8 Å². The Morgan fingerprint density at radius 1 is 1.14 bits per heavy atom. The van der Waals surface area contributed by atoms with E-state index in [2.05, 4.69) is 5.43 Å². The van der Waals surface area contributed by atoms with Crippen molar-refractivity contribution in [2.24, 2.45) is 0 Å². The zero-order chi connectivity index (χ0) is 15.8. The van der Waals surface area contributed by atoms with E-state index >= 15 is 0 Å². The normalized spacial score (nSPS) is 10.1. The molecule has 0 saturated carbocycles. The average molecular weight is 316 g/mol. The average Bonchev–Trinajstić information content (AvgIpc) is 2.55. The maximum atomic E-state index is 12.0. The SMILES string of the molecule is CCOc1ccc(SCC(=O)NN(C)c2ccccc2)cc1. The van der Waals surface area contributed by atoms with Gasteiger partial charge in [0.05, 0.1) is 18.0 Å². The molecular weight excluding hydrogens is 296 g/mol. The van der Waals surface area contributed by atoms with Gasteiger partial charge in [0.2, 0.25) is 5.91 Å². The molecule has 2 rings (SSSR count). The van der Waals surface area contributed by atoms with Gasteiger partial charge in [0.15, 0.2) is 0 Å². The first-order valence-electron chi connectivity index (χ1n) is 7.13. The molecule has 2 aromatic rings. The number of thioether (sulfide) groups is 1. The molecular formula is C17H20N2O2S. The van der Waals surface area contributed by atoms with Crippen LogP contribution >= 0.6 is 11.8 Å². The number of benzene rings is 2. The number of nitrogens with one attached hydrogen (secondary N) is 1. The van der Waals surface area contributed by atoms with Gasteiger partial charge in [0.1, 0.15) is 5.75 Å². The minimum atomic E-state index is -0.0368. The lowest BCUT2D eigenvalue weighted by Crippen LogP contribution is -2.40. The quantitative estimate of drug-likeness (QED) is 0.628. The highest BCUT2D eigenvalue weighted by Crippen LogP contribution is 2.21. The molecule has 0 saturated heterocycles. The molecule has 0 bridgehead atoms. The maximum absolute atomic E-state index is 12.0. The number of anilines is 1. The van der Waals surface area contributed by atoms with Gasteiger partial charge in [0.25, 0.3) is 0 Å². The maximum Gasteiger partial charge on any atom is 0.248 e. The van der Waals surface area contributed by atoms with Crippen LogP contribution in [0, 0.1) is 0 Å². The zero-order valence-corrected chi connectivity index (χ0v) is 13.6. The standard InChI is InChI=1S/C17H20N2O2S/c1-3-21-15-9-11-16(12-10-15)22-13-17(20)18-19(2)14-7-5-4-6-8-14/h4-12H,3,13H2,1-2H3,(H,18,20). The van der Waals surface area contributed by atoms with Crippen molar-refractivity contribution in [3.05, 3.63) is 54.6 Å². The van der Waals surface area contributed by atoms with Gasteiger partial charge in [-0.25, -0.2) is 0 Å². The van der Waals surface area contributed by atoms with Crippen LogP contribution in [0.2, 0.25) is 0 Å². The molecule has 0 spiro atoms. The van der Waals surface area contributed by atoms with Crippen LogP contribution in [0.5, 0.6) is 5.75 Å². The molecule has 1 N–H and O–H groups in total. The van der Waals surface area contributed by atoms with Crippen molar-refractivity contribution in [3.63, 3.8) is 0 Å². The Bertz CT molecular complexity index is 587. The van der Waals surface area contributed by atoms with Crippen molar-refractivity contribution < 1.29 is 9.53 Å². The molecule has 0 heterocycles. The smallest absolute Gasteiger partial charge is 0.248 e. The van der Waals surface area contributed by atoms with E-state index < -0.39 is 0 Å². The minimum Gasteiger partial charge on any atom is -0.494 e. The van der Waals surface area contributed by atoms with E-state index in [-0.39, 0.29) is 5.91 Å². The summed E-state index contributed by atoms with van der Waals surface area (Å²) in [6, 6.07) is 17.5. The van der Waals surface area contributed by atoms with Crippen molar-refractivity contribution in [1.82, 2.24) is 5.43 Å². The third-order valence-corrected chi connectivity index (χ3v) is 3.95. The van der Waals surface area contributed by atoms with E-state index in [1.165, 1.54) is 11.8 Å². The van der Waals surface area contributed by atoms with Gasteiger partial charge < -0.3 is 4.74 Å². The van der Waals surface area contributed by atoms with E-state index in [9.17, 15) is 4.79 Å². The highest BCUT2D eigenvalue weighted by Gasteiger charge is 2.06. The molecule has 0 radical (unpaired) electrons. The molecule has 0 unspecified atom stereocenters. The summed E-state index contributed by atoms with van der Waals surface area (Å²) < 4.78 is 5.39. The third kappa shape index (κ3) is 5.00. The molecule has 22 heavy (non-hydrogen) atoms. The Morgan fingerprint density at radius 2 is 1.82 bits per heavy atom. The van der Waals surface area contributed by atoms with Gasteiger partial charge in [-0.2, -0.15) is 0 Å². The number of rotatable bonds is 7. The number of amides is 1. The predicted molar refractivity (Wildman–Crippen MR) is 91.3 cm³/mol. The van der Waals surface area contributed by atoms with Crippen molar-refractivity contribution in [2.45, 2.75) is 11.8 Å². The topological polar surface area (TPSA) is 41.6 Å². The number of hydrazine groups is 1. The number of hydrogen-bond acceptors (Lipinski definition) is 4. The fourth-order valence-corrected chi connectivity index (χ4v) is 2.57. The molecule has 116 valence electrons. The highest BCUT2D eigenvalue weighted by molar-refractivity contribution is 8.00. The van der Waals surface area contributed by atoms with Crippen LogP contribution in [-0.4, -0.2) is 25.3 Å². The Balaban J connectivity index is 1.80. The van der Waals surface area contributed by atoms with Crippen LogP contribution < -0.4 is 15.2 Å². The number of carbonyl (C=O) groups is 1. The van der Waals surface area contributed by atoms with Gasteiger partial charge in [-0.1, -0.05) is 18.2 Å². The van der Waals surface area contributed by atoms with E-state index in [0.717, 1.165) is 16.3 Å². The molecule has 1 amide bonds. The van der Waals surface area contributed by atoms with E-state index in [1.54, 1.807) is 5.01 Å². The van der Waals surface area contributed by atoms with Crippen molar-refractivity contribution in [3.8, 4) is 5.75 Å². The zero-order valence-electron chi connectivity index (χ0n) is 12.8. The summed E-state index contributed by atoms with van der Waals surface area (Å²) in [5, 5.41) is 1.72. The molecule has 0 atom stereocenters. The van der Waals surface area contributed by atoms with Crippen LogP contribution in [0.15, 0.2) is 59.5 Å². The molecule has 5 heteroatoms. The number of carbonyl (C=O) groups excluding carboxylic acids is 1. The van der Waals surface area contributed by atoms with E-state index in [4.69, 9.17) is 4.74 Å². The second-order valence-corrected chi connectivity index (χ2v) is 5.67. The lowest BCUT2D eigenvalue weighted by atomic mass is 10.3. The van der Waals surface area contributed by atoms with Gasteiger partial charge in [-0.05, 0) is 43.3 Å². The summed E-state index contributed by atoms with van der Waals surface area (Å²) in [6.07, 6.45) is 0. The van der Waals surface area contributed by atoms with Crippen molar-refractivity contribution in [2.75, 3.05) is 24.4 Å². The fraction of sp³-hybridized carbons (Fsp3) is 0.235. The number of ether oxygens (including phenoxy) is 1. The monoisotopic (exact) mass is 316 g/mol. The second-order valence-electron chi connectivity index (χ2n) is 4.62. The molecule has 4 nitrogen and oxygen atoms in total. The molecule has 0 aliphatic heterocycles. The van der Waals surface area contributed by atoms with Crippen LogP contribution in [0.25, 0.3) is 0 Å². The van der Waals surface area contributed by atoms with E-state index in [0.29, 0.717) is 12.4 Å². The largest absolute Gasteiger partial charge is 0.494 e. The minimum absolute atomic E-state index is 0.0368. The van der Waals surface area contributed by atoms with Crippen molar-refractivity contribution >= 4 is 23.4 Å². The first kappa shape index (κ1) is 16.2. The van der Waals surface area contributed by atoms with Crippen LogP contribution in [0.4, 0.5) is 5.69 Å². The fourth-order valence-electron chi connectivity index (χ4n) is 1.88. The van der Waals surface area contributed by atoms with Gasteiger partial charge in [0, 0.05) is 11.9 Å². The summed E-state index contributed by atoms with van der Waals surface area (Å²) in [5.74, 6) is 1.18. The van der Waals surface area contributed by atoms with E-state index in [1.807, 2.05) is 68.6 Å². The molecule has 0 aliphatic rings. The highest BCUT2D eigenvalue weighted by atomic mass is 32.2. The number of hydrogen-bond donors (Lipinski definition) is 1. The first-order chi connectivity index (χ1) is 10.7. The second kappa shape index (κ2) is 8.34. The number of nitrogens with zero attached hydrogens (tertiary/aromatic N) is 1. The summed E-state index contributed by atoms with van der Waals surface area (Å²) in [7, 11) is 1.83. The van der Waals surface area contributed by atoms with Crippen molar-refractivity contribution in [1.29, 1.82) is 0 Å². The molecule has 0 aliphatic carbocycles. The summed E-state index contributed by atoms with van der Waals surface area (Å²) >= 11 is 1.50. The number of para-hydroxylation sites is 1. The lowest BCUT2D eigenvalue weighted by molar-refractivity contribution is -0.118. The third-order valence-electron chi connectivity index (χ3n) is 2.94. The Hall–Kier alpha value is -2.14. The predicted octanol–water partition coefficient (Wildman–Crippen LogP) is 3.35. The summed E-state index contributed by atoms with van der Waals surface area (Å²) in [6.45, 7) is 2.61. The van der Waals surface area contributed by atoms with Gasteiger partial charge in [-0.3, -0.25) is 15.2 Å². The molecule has 2 aromatic carbocycles. The molecule has 0 fully saturated rings. The van der Waals surface area contributed by atoms with Crippen LogP contribution in [-0.2, 0) is 4.79 Å². The van der Waals surface area contributed by atoms with Gasteiger partial charge >= 0.3 is 0 Å². The Kier molecular flexibility index (Phi) is 6.15. The lowest BCUT2D eigenvalue weighted by Gasteiger charge is -2.20. The molecule has 0 aromatic heterocycles. The van der Waals surface area contributed by atoms with Crippen LogP contribution in [0.3, 0.4) is 0 Å². The van der Waals surface area contributed by atoms with Crippen LogP contribution in [0.1, 0.15) is 6.92 Å². The summed E-state index contributed by atoms with van der Waals surface area (Å²) in [5.41, 5.74) is 3.79. The first-order valence-corrected chi connectivity index (χ1v) is 8.11. The Morgan fingerprint density at radius 3 is 2.45 bits per heavy atom. The Labute approximate surface area is 135 Å².